The first kappa shape index (κ1) is 15.5. The van der Waals surface area contributed by atoms with Gasteiger partial charge < -0.3 is 9.15 Å². The summed E-state index contributed by atoms with van der Waals surface area (Å²) in [5.74, 6) is 0.958. The van der Waals surface area contributed by atoms with Gasteiger partial charge in [0.25, 0.3) is 5.91 Å². The molecule has 0 spiro atoms. The Labute approximate surface area is 138 Å². The van der Waals surface area contributed by atoms with Gasteiger partial charge in [-0.05, 0) is 49.4 Å². The van der Waals surface area contributed by atoms with Crippen molar-refractivity contribution >= 4 is 12.1 Å². The van der Waals surface area contributed by atoms with E-state index < -0.39 is 0 Å². The van der Waals surface area contributed by atoms with Crippen LogP contribution < -0.4 is 10.2 Å². The number of nitrogens with zero attached hydrogens (tertiary/aromatic N) is 2. The van der Waals surface area contributed by atoms with Crippen LogP contribution in [0.4, 0.5) is 0 Å². The molecule has 2 aromatic heterocycles. The number of hydrogen-bond acceptors (Lipinski definition) is 5. The van der Waals surface area contributed by atoms with Crippen LogP contribution in [0, 0.1) is 0 Å². The molecule has 1 aromatic carbocycles. The summed E-state index contributed by atoms with van der Waals surface area (Å²) in [7, 11) is 0. The lowest BCUT2D eigenvalue weighted by atomic mass is 10.1. The van der Waals surface area contributed by atoms with Crippen LogP contribution in [0.25, 0.3) is 11.3 Å². The molecular weight excluding hydrogens is 308 g/mol. The first-order valence-corrected chi connectivity index (χ1v) is 7.42. The smallest absolute Gasteiger partial charge is 0.289 e. The maximum atomic E-state index is 12.0. The second kappa shape index (κ2) is 7.28. The number of hydrogen-bond donors (Lipinski definition) is 2. The highest BCUT2D eigenvalue weighted by molar-refractivity contribution is 5.93. The molecule has 0 aliphatic rings. The van der Waals surface area contributed by atoms with E-state index in [1.807, 2.05) is 31.2 Å². The lowest BCUT2D eigenvalue weighted by Crippen LogP contribution is -2.17. The third kappa shape index (κ3) is 3.70. The monoisotopic (exact) mass is 324 g/mol. The molecule has 0 atom stereocenters. The number of ether oxygens (including phenoxy) is 1. The minimum absolute atomic E-state index is 0.315. The molecule has 2 heterocycles. The van der Waals surface area contributed by atoms with Gasteiger partial charge in [-0.3, -0.25) is 9.89 Å². The molecule has 0 fully saturated rings. The molecule has 0 saturated heterocycles. The van der Waals surface area contributed by atoms with Gasteiger partial charge in [0, 0.05) is 5.56 Å². The molecular formula is C17H16N4O3. The van der Waals surface area contributed by atoms with Gasteiger partial charge in [0.05, 0.1) is 24.8 Å². The zero-order chi connectivity index (χ0) is 16.8. The Balaban J connectivity index is 1.65. The minimum Gasteiger partial charge on any atom is -0.494 e. The van der Waals surface area contributed by atoms with E-state index in [1.54, 1.807) is 18.2 Å². The van der Waals surface area contributed by atoms with E-state index in [2.05, 4.69) is 20.7 Å². The summed E-state index contributed by atoms with van der Waals surface area (Å²) in [6, 6.07) is 12.6. The van der Waals surface area contributed by atoms with E-state index in [4.69, 9.17) is 9.15 Å². The third-order valence-electron chi connectivity index (χ3n) is 3.18. The van der Waals surface area contributed by atoms with Gasteiger partial charge in [-0.25, -0.2) is 5.43 Å². The van der Waals surface area contributed by atoms with Crippen LogP contribution in [0.15, 0.2) is 58.2 Å². The third-order valence-corrected chi connectivity index (χ3v) is 3.18. The van der Waals surface area contributed by atoms with Gasteiger partial charge in [-0.1, -0.05) is 0 Å². The number of aromatic nitrogens is 2. The zero-order valence-corrected chi connectivity index (χ0v) is 13.0. The van der Waals surface area contributed by atoms with Crippen LogP contribution in [0.2, 0.25) is 0 Å². The molecule has 3 rings (SSSR count). The largest absolute Gasteiger partial charge is 0.494 e. The van der Waals surface area contributed by atoms with E-state index in [1.165, 1.54) is 12.5 Å². The van der Waals surface area contributed by atoms with E-state index in [9.17, 15) is 4.79 Å². The molecule has 2 N–H and O–H groups in total. The highest BCUT2D eigenvalue weighted by Crippen LogP contribution is 2.21. The molecule has 0 bridgehead atoms. The Hall–Kier alpha value is -3.35. The number of nitrogens with one attached hydrogen (secondary N) is 2. The minimum atomic E-state index is -0.387. The Kier molecular flexibility index (Phi) is 4.71. The number of carbonyl (C=O) groups excluding carboxylic acids is 1. The number of amides is 1. The summed E-state index contributed by atoms with van der Waals surface area (Å²) >= 11 is 0. The quantitative estimate of drug-likeness (QED) is 0.538. The Morgan fingerprint density at radius 3 is 2.92 bits per heavy atom. The van der Waals surface area contributed by atoms with Crippen molar-refractivity contribution in [1.29, 1.82) is 0 Å². The standard InChI is InChI=1S/C17H16N4O3/c1-2-23-13-7-5-12(6-8-13)15-10-16(20-19-15)17(22)21-18-11-14-4-3-9-24-14/h3-11H,2H2,1H3,(H,19,20)(H,21,22)/b18-11-. The van der Waals surface area contributed by atoms with Crippen LogP contribution >= 0.6 is 0 Å². The highest BCUT2D eigenvalue weighted by atomic mass is 16.5. The number of H-pyrrole nitrogens is 1. The predicted octanol–water partition coefficient (Wildman–Crippen LogP) is 2.83. The van der Waals surface area contributed by atoms with E-state index in [0.29, 0.717) is 23.8 Å². The van der Waals surface area contributed by atoms with Crippen LogP contribution in [0.5, 0.6) is 5.75 Å². The highest BCUT2D eigenvalue weighted by Gasteiger charge is 2.10. The van der Waals surface area contributed by atoms with Crippen molar-refractivity contribution in [2.45, 2.75) is 6.92 Å². The molecule has 0 aliphatic carbocycles. The summed E-state index contributed by atoms with van der Waals surface area (Å²) < 4.78 is 10.5. The second-order valence-corrected chi connectivity index (χ2v) is 4.84. The fourth-order valence-electron chi connectivity index (χ4n) is 2.05. The summed E-state index contributed by atoms with van der Waals surface area (Å²) in [5.41, 5.74) is 4.27. The number of carbonyl (C=O) groups is 1. The van der Waals surface area contributed by atoms with Gasteiger partial charge >= 0.3 is 0 Å². The summed E-state index contributed by atoms with van der Waals surface area (Å²) in [5, 5.41) is 10.7. The van der Waals surface area contributed by atoms with Crippen molar-refractivity contribution in [2.75, 3.05) is 6.61 Å². The topological polar surface area (TPSA) is 92.5 Å². The van der Waals surface area contributed by atoms with Crippen molar-refractivity contribution in [3.63, 3.8) is 0 Å². The SMILES string of the molecule is CCOc1ccc(-c2cc(C(=O)N/N=C\c3ccco3)[nH]n2)cc1. The lowest BCUT2D eigenvalue weighted by Gasteiger charge is -2.02. The molecule has 0 aliphatic heterocycles. The van der Waals surface area contributed by atoms with Crippen molar-refractivity contribution in [3.8, 4) is 17.0 Å². The Morgan fingerprint density at radius 1 is 1.38 bits per heavy atom. The normalized spacial score (nSPS) is 10.9. The van der Waals surface area contributed by atoms with Crippen LogP contribution in [-0.2, 0) is 0 Å². The lowest BCUT2D eigenvalue weighted by molar-refractivity contribution is 0.0950. The Morgan fingerprint density at radius 2 is 2.21 bits per heavy atom. The van der Waals surface area contributed by atoms with Crippen LogP contribution in [-0.4, -0.2) is 28.9 Å². The molecule has 7 nitrogen and oxygen atoms in total. The second-order valence-electron chi connectivity index (χ2n) is 4.84. The zero-order valence-electron chi connectivity index (χ0n) is 13.0. The predicted molar refractivity (Wildman–Crippen MR) is 89.0 cm³/mol. The van der Waals surface area contributed by atoms with Crippen LogP contribution in [0.1, 0.15) is 23.2 Å². The number of aromatic amines is 1. The molecule has 0 saturated carbocycles. The van der Waals surface area contributed by atoms with Crippen molar-refractivity contribution in [2.24, 2.45) is 5.10 Å². The molecule has 0 radical (unpaired) electrons. The maximum absolute atomic E-state index is 12.0. The van der Waals surface area contributed by atoms with Gasteiger partial charge in [0.15, 0.2) is 0 Å². The van der Waals surface area contributed by atoms with Crippen molar-refractivity contribution in [1.82, 2.24) is 15.6 Å². The first-order valence-electron chi connectivity index (χ1n) is 7.42. The number of benzene rings is 1. The average Bonchev–Trinajstić information content (AvgIpc) is 3.27. The average molecular weight is 324 g/mol. The van der Waals surface area contributed by atoms with Gasteiger partial charge in [-0.15, -0.1) is 0 Å². The molecule has 3 aromatic rings. The fourth-order valence-corrected chi connectivity index (χ4v) is 2.05. The summed E-state index contributed by atoms with van der Waals surface area (Å²) in [4.78, 5) is 12.0. The van der Waals surface area contributed by atoms with Gasteiger partial charge in [0.1, 0.15) is 17.2 Å². The van der Waals surface area contributed by atoms with Crippen molar-refractivity contribution < 1.29 is 13.9 Å². The molecule has 24 heavy (non-hydrogen) atoms. The number of hydrazone groups is 1. The molecule has 7 heteroatoms. The van der Waals surface area contributed by atoms with Gasteiger partial charge in [-0.2, -0.15) is 10.2 Å². The van der Waals surface area contributed by atoms with E-state index >= 15 is 0 Å². The molecule has 0 unspecified atom stereocenters. The summed E-state index contributed by atoms with van der Waals surface area (Å²) in [6.07, 6.45) is 2.95. The maximum Gasteiger partial charge on any atom is 0.289 e. The molecule has 122 valence electrons. The first-order chi connectivity index (χ1) is 11.8. The Bertz CT molecular complexity index is 820. The fraction of sp³-hybridized carbons (Fsp3) is 0.118. The molecule has 1 amide bonds. The van der Waals surface area contributed by atoms with E-state index in [-0.39, 0.29) is 5.91 Å². The van der Waals surface area contributed by atoms with Gasteiger partial charge in [0.2, 0.25) is 0 Å². The summed E-state index contributed by atoms with van der Waals surface area (Å²) in [6.45, 7) is 2.55. The number of furan rings is 1. The van der Waals surface area contributed by atoms with Crippen molar-refractivity contribution in [3.05, 3.63) is 60.2 Å². The van der Waals surface area contributed by atoms with E-state index in [0.717, 1.165) is 11.3 Å². The number of rotatable bonds is 6. The van der Waals surface area contributed by atoms with Crippen LogP contribution in [0.3, 0.4) is 0 Å².